The Bertz CT molecular complexity index is 727. The van der Waals surface area contributed by atoms with Crippen LogP contribution < -0.4 is 14.8 Å². The van der Waals surface area contributed by atoms with Gasteiger partial charge in [0, 0.05) is 16.5 Å². The van der Waals surface area contributed by atoms with Crippen LogP contribution in [-0.2, 0) is 4.74 Å². The van der Waals surface area contributed by atoms with Crippen molar-refractivity contribution in [1.29, 1.82) is 0 Å². The largest absolute Gasteiger partial charge is 0.493 e. The predicted molar refractivity (Wildman–Crippen MR) is 114 cm³/mol. The van der Waals surface area contributed by atoms with Crippen LogP contribution in [0.1, 0.15) is 23.2 Å². The molecule has 1 aliphatic rings. The van der Waals surface area contributed by atoms with E-state index in [0.29, 0.717) is 28.4 Å². The number of rotatable bonds is 7. The van der Waals surface area contributed by atoms with Gasteiger partial charge in [-0.15, -0.1) is 0 Å². The van der Waals surface area contributed by atoms with Gasteiger partial charge in [-0.05, 0) is 18.9 Å². The van der Waals surface area contributed by atoms with Crippen LogP contribution in [0.5, 0.6) is 11.5 Å². The Hall–Kier alpha value is -2.01. The predicted octanol–water partition coefficient (Wildman–Crippen LogP) is 2.84. The van der Waals surface area contributed by atoms with E-state index in [9.17, 15) is 14.7 Å². The van der Waals surface area contributed by atoms with Crippen LogP contribution in [0.4, 0.5) is 10.5 Å². The van der Waals surface area contributed by atoms with E-state index < -0.39 is 6.09 Å². The Kier molecular flexibility index (Phi) is 8.36. The molecule has 154 valence electrons. The van der Waals surface area contributed by atoms with E-state index in [1.165, 1.54) is 32.4 Å². The normalized spacial score (nSPS) is 18.9. The molecule has 0 spiro atoms. The van der Waals surface area contributed by atoms with E-state index in [1.807, 2.05) is 0 Å². The highest BCUT2D eigenvalue weighted by Crippen LogP contribution is 2.35. The van der Waals surface area contributed by atoms with Crippen LogP contribution in [0.15, 0.2) is 24.8 Å². The molecule has 2 N–H and O–H groups in total. The Morgan fingerprint density at radius 1 is 1.36 bits per heavy atom. The molecule has 9 heteroatoms. The van der Waals surface area contributed by atoms with Crippen molar-refractivity contribution in [1.82, 2.24) is 4.90 Å². The fourth-order valence-corrected chi connectivity index (χ4v) is 3.90. The van der Waals surface area contributed by atoms with Gasteiger partial charge in [0.15, 0.2) is 11.5 Å². The first-order chi connectivity index (χ1) is 13.4. The molecule has 1 saturated heterocycles. The third kappa shape index (κ3) is 5.28. The van der Waals surface area contributed by atoms with Crippen LogP contribution in [0.3, 0.4) is 0 Å². The van der Waals surface area contributed by atoms with Crippen molar-refractivity contribution in [3.8, 4) is 11.5 Å². The van der Waals surface area contributed by atoms with Gasteiger partial charge >= 0.3 is 6.09 Å². The number of alkyl halides is 1. The summed E-state index contributed by atoms with van der Waals surface area (Å²) in [4.78, 5) is 26.9. The zero-order valence-corrected chi connectivity index (χ0v) is 18.1. The van der Waals surface area contributed by atoms with Crippen LogP contribution in [0.25, 0.3) is 0 Å². The zero-order valence-electron chi connectivity index (χ0n) is 15.9. The summed E-state index contributed by atoms with van der Waals surface area (Å²) in [7, 11) is 2.93. The second-order valence-electron chi connectivity index (χ2n) is 6.22. The summed E-state index contributed by atoms with van der Waals surface area (Å²) in [6, 6.07) is 2.76. The topological polar surface area (TPSA) is 97.3 Å². The van der Waals surface area contributed by atoms with Crippen molar-refractivity contribution in [2.24, 2.45) is 0 Å². The van der Waals surface area contributed by atoms with Gasteiger partial charge < -0.3 is 24.2 Å². The Balaban J connectivity index is 2.40. The van der Waals surface area contributed by atoms with Crippen molar-refractivity contribution in [2.75, 3.05) is 39.3 Å². The van der Waals surface area contributed by atoms with Crippen molar-refractivity contribution in [2.45, 2.75) is 22.8 Å². The number of methoxy groups -OCH3 is 2. The summed E-state index contributed by atoms with van der Waals surface area (Å²) < 4.78 is 15.9. The van der Waals surface area contributed by atoms with Crippen molar-refractivity contribution in [3.63, 3.8) is 0 Å². The molecule has 1 aliphatic heterocycles. The molecule has 0 radical (unpaired) electrons. The highest BCUT2D eigenvalue weighted by molar-refractivity contribution is 14.1. The molecule has 0 aliphatic carbocycles. The molecular formula is C19H25IN2O6. The molecule has 0 saturated carbocycles. The van der Waals surface area contributed by atoms with Gasteiger partial charge in [-0.25, -0.2) is 4.79 Å². The lowest BCUT2D eigenvalue weighted by Gasteiger charge is -2.37. The van der Waals surface area contributed by atoms with E-state index in [4.69, 9.17) is 14.2 Å². The van der Waals surface area contributed by atoms with Crippen LogP contribution in [0, 0.1) is 0 Å². The number of anilines is 1. The molecule has 2 atom stereocenters. The maximum atomic E-state index is 13.3. The average molecular weight is 504 g/mol. The summed E-state index contributed by atoms with van der Waals surface area (Å²) in [5, 5.41) is 12.3. The van der Waals surface area contributed by atoms with Gasteiger partial charge in [-0.1, -0.05) is 35.2 Å². The number of ether oxygens (including phenoxy) is 3. The number of likely N-dealkylation sites (tertiary alicyclic amines) is 1. The number of benzene rings is 1. The summed E-state index contributed by atoms with van der Waals surface area (Å²) in [6.07, 6.45) is 2.27. The first kappa shape index (κ1) is 22.3. The van der Waals surface area contributed by atoms with Crippen molar-refractivity contribution >= 4 is 40.3 Å². The maximum absolute atomic E-state index is 13.3. The third-order valence-corrected chi connectivity index (χ3v) is 5.58. The number of hydrogen-bond acceptors (Lipinski definition) is 6. The number of aliphatic hydroxyl groups excluding tert-OH is 1. The number of carbonyl (C=O) groups excluding carboxylic acids is 2. The second kappa shape index (κ2) is 10.5. The monoisotopic (exact) mass is 504 g/mol. The Morgan fingerprint density at radius 3 is 2.64 bits per heavy atom. The van der Waals surface area contributed by atoms with Gasteiger partial charge in [0.2, 0.25) is 0 Å². The molecule has 1 aromatic rings. The molecule has 28 heavy (non-hydrogen) atoms. The molecule has 0 aromatic heterocycles. The molecule has 0 bridgehead atoms. The molecule has 1 fully saturated rings. The number of hydrogen-bond donors (Lipinski definition) is 2. The molecule has 1 heterocycles. The number of nitrogens with one attached hydrogen (secondary N) is 1. The first-order valence-electron chi connectivity index (χ1n) is 8.81. The second-order valence-corrected chi connectivity index (χ2v) is 7.98. The summed E-state index contributed by atoms with van der Waals surface area (Å²) in [5.74, 6) is 0.422. The number of amides is 2. The first-order valence-corrected chi connectivity index (χ1v) is 10.1. The fraction of sp³-hybridized carbons (Fsp3) is 0.474. The molecule has 1 unspecified atom stereocenters. The SMILES string of the molecule is C=CCOC(=O)Nc1cc(OC)c(OC)cc1C(=O)N1CCC(I)C[C@H]1CO. The number of carbonyl (C=O) groups is 2. The van der Waals surface area contributed by atoms with Crippen LogP contribution in [-0.4, -0.2) is 66.0 Å². The molecule has 2 rings (SSSR count). The minimum absolute atomic E-state index is 0.0398. The van der Waals surface area contributed by atoms with Gasteiger partial charge in [-0.3, -0.25) is 10.1 Å². The maximum Gasteiger partial charge on any atom is 0.411 e. The Morgan fingerprint density at radius 2 is 2.04 bits per heavy atom. The lowest BCUT2D eigenvalue weighted by molar-refractivity contribution is 0.0517. The Labute approximate surface area is 178 Å². The van der Waals surface area contributed by atoms with E-state index in [2.05, 4.69) is 34.5 Å². The number of halogens is 1. The average Bonchev–Trinajstić information content (AvgIpc) is 2.71. The summed E-state index contributed by atoms with van der Waals surface area (Å²) in [5.41, 5.74) is 0.476. The summed E-state index contributed by atoms with van der Waals surface area (Å²) >= 11 is 2.33. The smallest absolute Gasteiger partial charge is 0.411 e. The van der Waals surface area contributed by atoms with Gasteiger partial charge in [0.05, 0.1) is 38.1 Å². The van der Waals surface area contributed by atoms with E-state index >= 15 is 0 Å². The minimum atomic E-state index is -0.717. The lowest BCUT2D eigenvalue weighted by atomic mass is 10.0. The fourth-order valence-electron chi connectivity index (χ4n) is 3.04. The van der Waals surface area contributed by atoms with Crippen LogP contribution in [0.2, 0.25) is 0 Å². The zero-order chi connectivity index (χ0) is 20.7. The number of piperidine rings is 1. The van der Waals surface area contributed by atoms with Gasteiger partial charge in [0.25, 0.3) is 5.91 Å². The van der Waals surface area contributed by atoms with E-state index in [-0.39, 0.29) is 36.4 Å². The number of aliphatic hydroxyl groups is 1. The quantitative estimate of drug-likeness (QED) is 0.337. The molecular weight excluding hydrogens is 479 g/mol. The molecule has 2 amide bonds. The minimum Gasteiger partial charge on any atom is -0.493 e. The van der Waals surface area contributed by atoms with Crippen molar-refractivity contribution < 1.29 is 28.9 Å². The van der Waals surface area contributed by atoms with E-state index in [1.54, 1.807) is 4.90 Å². The highest BCUT2D eigenvalue weighted by Gasteiger charge is 2.32. The number of nitrogens with zero attached hydrogens (tertiary/aromatic N) is 1. The van der Waals surface area contributed by atoms with Gasteiger partial charge in [-0.2, -0.15) is 0 Å². The van der Waals surface area contributed by atoms with Crippen LogP contribution >= 0.6 is 22.6 Å². The van der Waals surface area contributed by atoms with Gasteiger partial charge in [0.1, 0.15) is 6.61 Å². The molecule has 1 aromatic carbocycles. The lowest BCUT2D eigenvalue weighted by Crippen LogP contribution is -2.48. The van der Waals surface area contributed by atoms with Crippen molar-refractivity contribution in [3.05, 3.63) is 30.4 Å². The highest BCUT2D eigenvalue weighted by atomic mass is 127. The standard InChI is InChI=1S/C19H25IN2O6/c1-4-7-28-19(25)21-15-10-17(27-3)16(26-2)9-14(15)18(24)22-6-5-12(20)8-13(22)11-23/h4,9-10,12-13,23H,1,5-8,11H2,2-3H3,(H,21,25)/t12?,13-/m0/s1. The third-order valence-electron chi connectivity index (χ3n) is 4.45. The summed E-state index contributed by atoms with van der Waals surface area (Å²) in [6.45, 7) is 3.93. The van der Waals surface area contributed by atoms with E-state index in [0.717, 1.165) is 6.42 Å². The molecule has 8 nitrogen and oxygen atoms in total.